The average Bonchev–Trinajstić information content (AvgIpc) is 2.38. The summed E-state index contributed by atoms with van der Waals surface area (Å²) in [4.78, 5) is 24.2. The van der Waals surface area contributed by atoms with Crippen LogP contribution in [-0.2, 0) is 9.53 Å². The summed E-state index contributed by atoms with van der Waals surface area (Å²) >= 11 is 0. The fraction of sp³-hybridized carbons (Fsp3) is 0.818. The van der Waals surface area contributed by atoms with Gasteiger partial charge in [-0.1, -0.05) is 0 Å². The summed E-state index contributed by atoms with van der Waals surface area (Å²) in [7, 11) is 0. The number of likely N-dealkylation sites (tertiary alicyclic amines) is 1. The van der Waals surface area contributed by atoms with Gasteiger partial charge in [0.05, 0.1) is 5.92 Å². The first-order valence-corrected chi connectivity index (χ1v) is 5.61. The van der Waals surface area contributed by atoms with Crippen molar-refractivity contribution >= 4 is 12.1 Å². The summed E-state index contributed by atoms with van der Waals surface area (Å²) in [5, 5.41) is 9.03. The molecule has 1 fully saturated rings. The third kappa shape index (κ3) is 3.09. The van der Waals surface area contributed by atoms with E-state index in [0.717, 1.165) is 0 Å². The third-order valence-electron chi connectivity index (χ3n) is 2.79. The van der Waals surface area contributed by atoms with E-state index in [9.17, 15) is 9.59 Å². The molecule has 1 amide bonds. The zero-order valence-electron chi connectivity index (χ0n) is 10.6. The molecule has 3 unspecified atom stereocenters. The van der Waals surface area contributed by atoms with E-state index >= 15 is 0 Å². The lowest BCUT2D eigenvalue weighted by Crippen LogP contribution is -2.41. The van der Waals surface area contributed by atoms with Gasteiger partial charge in [-0.15, -0.1) is 0 Å². The second-order valence-corrected chi connectivity index (χ2v) is 5.40. The number of carbonyl (C=O) groups excluding carboxylic acids is 1. The Labute approximate surface area is 101 Å². The van der Waals surface area contributed by atoms with E-state index in [1.54, 1.807) is 27.7 Å². The van der Waals surface area contributed by atoms with E-state index < -0.39 is 35.7 Å². The normalized spacial score (nSPS) is 29.2. The van der Waals surface area contributed by atoms with Gasteiger partial charge in [-0.3, -0.25) is 4.79 Å². The van der Waals surface area contributed by atoms with Crippen molar-refractivity contribution in [2.75, 3.05) is 6.54 Å². The minimum atomic E-state index is -0.976. The largest absolute Gasteiger partial charge is 0.481 e. The van der Waals surface area contributed by atoms with E-state index in [2.05, 4.69) is 0 Å². The zero-order valence-corrected chi connectivity index (χ0v) is 10.6. The highest BCUT2D eigenvalue weighted by atomic mass is 16.6. The van der Waals surface area contributed by atoms with E-state index in [4.69, 9.17) is 15.6 Å². The van der Waals surface area contributed by atoms with Gasteiger partial charge in [0.25, 0.3) is 0 Å². The minimum Gasteiger partial charge on any atom is -0.481 e. The first kappa shape index (κ1) is 13.8. The second-order valence-electron chi connectivity index (χ2n) is 5.40. The molecule has 6 nitrogen and oxygen atoms in total. The molecular weight excluding hydrogens is 224 g/mol. The average molecular weight is 244 g/mol. The lowest BCUT2D eigenvalue weighted by atomic mass is 9.99. The van der Waals surface area contributed by atoms with E-state index in [-0.39, 0.29) is 6.54 Å². The first-order valence-electron chi connectivity index (χ1n) is 5.61. The molecule has 0 bridgehead atoms. The first-order chi connectivity index (χ1) is 7.63. The van der Waals surface area contributed by atoms with Crippen LogP contribution in [0.3, 0.4) is 0 Å². The lowest BCUT2D eigenvalue weighted by molar-refractivity contribution is -0.142. The number of aliphatic carboxylic acids is 1. The van der Waals surface area contributed by atoms with Gasteiger partial charge < -0.3 is 20.5 Å². The molecule has 98 valence electrons. The number of hydrogen-bond donors (Lipinski definition) is 2. The Morgan fingerprint density at radius 2 is 1.94 bits per heavy atom. The van der Waals surface area contributed by atoms with Gasteiger partial charge in [0.1, 0.15) is 5.60 Å². The van der Waals surface area contributed by atoms with Crippen LogP contribution >= 0.6 is 0 Å². The summed E-state index contributed by atoms with van der Waals surface area (Å²) in [6.45, 7) is 7.18. The molecule has 0 aromatic rings. The Morgan fingerprint density at radius 3 is 2.29 bits per heavy atom. The molecule has 0 saturated carbocycles. The fourth-order valence-corrected chi connectivity index (χ4v) is 2.01. The minimum absolute atomic E-state index is 0.215. The van der Waals surface area contributed by atoms with E-state index in [1.165, 1.54) is 4.90 Å². The van der Waals surface area contributed by atoms with Gasteiger partial charge in [0.15, 0.2) is 0 Å². The molecule has 1 aliphatic rings. The highest BCUT2D eigenvalue weighted by Crippen LogP contribution is 2.25. The Balaban J connectivity index is 2.75. The summed E-state index contributed by atoms with van der Waals surface area (Å²) < 4.78 is 5.21. The summed E-state index contributed by atoms with van der Waals surface area (Å²) in [5.41, 5.74) is 5.14. The molecule has 6 heteroatoms. The molecule has 17 heavy (non-hydrogen) atoms. The maximum Gasteiger partial charge on any atom is 0.410 e. The quantitative estimate of drug-likeness (QED) is 0.706. The third-order valence-corrected chi connectivity index (χ3v) is 2.79. The van der Waals surface area contributed by atoms with Crippen molar-refractivity contribution in [1.82, 2.24) is 4.90 Å². The second kappa shape index (κ2) is 4.52. The molecule has 0 radical (unpaired) electrons. The molecule has 0 aromatic heterocycles. The molecule has 0 aliphatic carbocycles. The van der Waals surface area contributed by atoms with Crippen molar-refractivity contribution in [3.8, 4) is 0 Å². The smallest absolute Gasteiger partial charge is 0.410 e. The summed E-state index contributed by atoms with van der Waals surface area (Å²) in [6.07, 6.45) is -0.510. The zero-order chi connectivity index (χ0) is 13.4. The van der Waals surface area contributed by atoms with Crippen LogP contribution in [0.15, 0.2) is 0 Å². The Bertz CT molecular complexity index is 324. The number of carbonyl (C=O) groups is 2. The SMILES string of the molecule is CC1C(C(=O)O)C(N)CN1C(=O)OC(C)(C)C. The van der Waals surface area contributed by atoms with Crippen LogP contribution in [0, 0.1) is 5.92 Å². The predicted octanol–water partition coefficient (Wildman–Crippen LogP) is 0.654. The molecule has 1 saturated heterocycles. The topological polar surface area (TPSA) is 92.9 Å². The van der Waals surface area contributed by atoms with Crippen molar-refractivity contribution in [2.45, 2.75) is 45.4 Å². The Hall–Kier alpha value is -1.30. The number of carboxylic acids is 1. The number of nitrogens with zero attached hydrogens (tertiary/aromatic N) is 1. The predicted molar refractivity (Wildman–Crippen MR) is 61.5 cm³/mol. The Morgan fingerprint density at radius 1 is 1.41 bits per heavy atom. The van der Waals surface area contributed by atoms with Crippen LogP contribution in [0.2, 0.25) is 0 Å². The summed E-state index contributed by atoms with van der Waals surface area (Å²) in [6, 6.07) is -0.993. The molecule has 0 spiro atoms. The van der Waals surface area contributed by atoms with Crippen LogP contribution in [0.1, 0.15) is 27.7 Å². The molecule has 1 rings (SSSR count). The number of nitrogens with two attached hydrogens (primary N) is 1. The fourth-order valence-electron chi connectivity index (χ4n) is 2.01. The van der Waals surface area contributed by atoms with Crippen LogP contribution in [0.4, 0.5) is 4.79 Å². The van der Waals surface area contributed by atoms with Gasteiger partial charge in [-0.05, 0) is 27.7 Å². The van der Waals surface area contributed by atoms with Gasteiger partial charge in [-0.2, -0.15) is 0 Å². The van der Waals surface area contributed by atoms with E-state index in [1.807, 2.05) is 0 Å². The number of hydrogen-bond acceptors (Lipinski definition) is 4. The molecule has 3 N–H and O–H groups in total. The van der Waals surface area contributed by atoms with Crippen molar-refractivity contribution < 1.29 is 19.4 Å². The van der Waals surface area contributed by atoms with Crippen molar-refractivity contribution in [3.05, 3.63) is 0 Å². The van der Waals surface area contributed by atoms with Gasteiger partial charge in [0, 0.05) is 18.6 Å². The summed E-state index contributed by atoms with van der Waals surface area (Å²) in [5.74, 6) is -1.71. The highest BCUT2D eigenvalue weighted by Gasteiger charge is 2.45. The standard InChI is InChI=1S/C11H20N2O4/c1-6-8(9(14)15)7(12)5-13(6)10(16)17-11(2,3)4/h6-8H,5,12H2,1-4H3,(H,14,15). The number of carboxylic acid groups (broad SMARTS) is 1. The van der Waals surface area contributed by atoms with Crippen LogP contribution in [0.25, 0.3) is 0 Å². The van der Waals surface area contributed by atoms with Crippen LogP contribution in [0.5, 0.6) is 0 Å². The number of rotatable bonds is 1. The maximum absolute atomic E-state index is 11.8. The molecule has 0 aromatic carbocycles. The van der Waals surface area contributed by atoms with Crippen LogP contribution in [-0.4, -0.2) is 46.3 Å². The molecule has 1 heterocycles. The van der Waals surface area contributed by atoms with Crippen LogP contribution < -0.4 is 5.73 Å². The van der Waals surface area contributed by atoms with Crippen molar-refractivity contribution in [1.29, 1.82) is 0 Å². The molecule has 3 atom stereocenters. The van der Waals surface area contributed by atoms with Crippen molar-refractivity contribution in [2.24, 2.45) is 11.7 Å². The molecule has 1 aliphatic heterocycles. The van der Waals surface area contributed by atoms with Gasteiger partial charge in [-0.25, -0.2) is 4.79 Å². The van der Waals surface area contributed by atoms with Crippen molar-refractivity contribution in [3.63, 3.8) is 0 Å². The number of ether oxygens (including phenoxy) is 1. The van der Waals surface area contributed by atoms with Gasteiger partial charge >= 0.3 is 12.1 Å². The number of amides is 1. The van der Waals surface area contributed by atoms with E-state index in [0.29, 0.717) is 0 Å². The highest BCUT2D eigenvalue weighted by molar-refractivity contribution is 5.76. The van der Waals surface area contributed by atoms with Gasteiger partial charge in [0.2, 0.25) is 0 Å². The lowest BCUT2D eigenvalue weighted by Gasteiger charge is -2.27. The monoisotopic (exact) mass is 244 g/mol. The molecular formula is C11H20N2O4. The Kier molecular flexibility index (Phi) is 3.66. The maximum atomic E-state index is 11.8.